The van der Waals surface area contributed by atoms with Crippen LogP contribution in [0, 0.1) is 0 Å². The number of hydrogen-bond donors (Lipinski definition) is 2. The quantitative estimate of drug-likeness (QED) is 0.596. The second-order valence-electron chi connectivity index (χ2n) is 5.46. The third-order valence-electron chi connectivity index (χ3n) is 3.56. The van der Waals surface area contributed by atoms with E-state index < -0.39 is 5.97 Å². The van der Waals surface area contributed by atoms with E-state index in [1.807, 2.05) is 37.3 Å². The molecule has 0 bridgehead atoms. The molecule has 0 aliphatic heterocycles. The van der Waals surface area contributed by atoms with Crippen LogP contribution in [0.25, 0.3) is 0 Å². The fraction of sp³-hybridized carbons (Fsp3) is 0.263. The van der Waals surface area contributed by atoms with E-state index in [0.717, 1.165) is 5.56 Å². The van der Waals surface area contributed by atoms with Crippen molar-refractivity contribution in [2.24, 2.45) is 0 Å². The predicted octanol–water partition coefficient (Wildman–Crippen LogP) is 2.70. The number of ether oxygens (including phenoxy) is 2. The molecule has 1 unspecified atom stereocenters. The predicted molar refractivity (Wildman–Crippen MR) is 95.3 cm³/mol. The molecule has 0 saturated heterocycles. The topological polar surface area (TPSA) is 90.7 Å². The van der Waals surface area contributed by atoms with Crippen LogP contribution in [-0.2, 0) is 9.53 Å². The van der Waals surface area contributed by atoms with Gasteiger partial charge in [-0.1, -0.05) is 30.3 Å². The maximum Gasteiger partial charge on any atom is 0.338 e. The summed E-state index contributed by atoms with van der Waals surface area (Å²) in [7, 11) is 0. The number of rotatable bonds is 7. The van der Waals surface area contributed by atoms with Gasteiger partial charge in [0.2, 0.25) is 0 Å². The highest BCUT2D eigenvalue weighted by Gasteiger charge is 2.13. The summed E-state index contributed by atoms with van der Waals surface area (Å²) in [4.78, 5) is 23.8. The lowest BCUT2D eigenvalue weighted by Crippen LogP contribution is -2.31. The van der Waals surface area contributed by atoms with Crippen molar-refractivity contribution in [3.05, 3.63) is 59.7 Å². The Bertz CT molecular complexity index is 731. The van der Waals surface area contributed by atoms with Gasteiger partial charge in [-0.25, -0.2) is 4.79 Å². The molecule has 0 aliphatic rings. The number of amides is 1. The molecule has 1 amide bonds. The standard InChI is InChI=1S/C19H22N2O4/c1-3-24-19(23)15-9-10-16(20)17(11-15)25-12-18(22)21-13(2)14-7-5-4-6-8-14/h4-11,13H,3,12,20H2,1-2H3,(H,21,22). The molecular formula is C19H22N2O4. The average Bonchev–Trinajstić information content (AvgIpc) is 2.62. The summed E-state index contributed by atoms with van der Waals surface area (Å²) in [6.07, 6.45) is 0. The van der Waals surface area contributed by atoms with Crippen molar-refractivity contribution in [3.8, 4) is 5.75 Å². The maximum absolute atomic E-state index is 12.1. The highest BCUT2D eigenvalue weighted by atomic mass is 16.5. The van der Waals surface area contributed by atoms with Gasteiger partial charge < -0.3 is 20.5 Å². The smallest absolute Gasteiger partial charge is 0.338 e. The lowest BCUT2D eigenvalue weighted by Gasteiger charge is -2.15. The van der Waals surface area contributed by atoms with E-state index in [9.17, 15) is 9.59 Å². The summed E-state index contributed by atoms with van der Waals surface area (Å²) in [6, 6.07) is 14.1. The van der Waals surface area contributed by atoms with Gasteiger partial charge in [-0.2, -0.15) is 0 Å². The highest BCUT2D eigenvalue weighted by Crippen LogP contribution is 2.23. The van der Waals surface area contributed by atoms with Crippen molar-refractivity contribution in [2.75, 3.05) is 18.9 Å². The van der Waals surface area contributed by atoms with Gasteiger partial charge in [0.1, 0.15) is 5.75 Å². The van der Waals surface area contributed by atoms with Gasteiger partial charge in [0.05, 0.1) is 23.9 Å². The van der Waals surface area contributed by atoms with Crippen LogP contribution >= 0.6 is 0 Å². The van der Waals surface area contributed by atoms with Gasteiger partial charge in [-0.15, -0.1) is 0 Å². The second-order valence-corrected chi connectivity index (χ2v) is 5.46. The number of esters is 1. The Hall–Kier alpha value is -3.02. The zero-order chi connectivity index (χ0) is 18.2. The zero-order valence-corrected chi connectivity index (χ0v) is 14.3. The second kappa shape index (κ2) is 8.73. The van der Waals surface area contributed by atoms with E-state index in [1.165, 1.54) is 6.07 Å². The molecule has 0 spiro atoms. The van der Waals surface area contributed by atoms with E-state index in [0.29, 0.717) is 11.3 Å². The summed E-state index contributed by atoms with van der Waals surface area (Å²) in [5.74, 6) is -0.472. The first kappa shape index (κ1) is 18.3. The molecule has 0 aromatic heterocycles. The summed E-state index contributed by atoms with van der Waals surface area (Å²) < 4.78 is 10.4. The zero-order valence-electron chi connectivity index (χ0n) is 14.3. The molecule has 6 nitrogen and oxygen atoms in total. The molecule has 0 aliphatic carbocycles. The first-order valence-electron chi connectivity index (χ1n) is 8.05. The largest absolute Gasteiger partial charge is 0.482 e. The van der Waals surface area contributed by atoms with Gasteiger partial charge in [-0.05, 0) is 37.6 Å². The van der Waals surface area contributed by atoms with Crippen molar-refractivity contribution in [2.45, 2.75) is 19.9 Å². The number of carbonyl (C=O) groups excluding carboxylic acids is 2. The Morgan fingerprint density at radius 3 is 2.56 bits per heavy atom. The number of nitrogens with two attached hydrogens (primary N) is 1. The molecule has 0 heterocycles. The summed E-state index contributed by atoms with van der Waals surface area (Å²) in [5, 5.41) is 2.85. The van der Waals surface area contributed by atoms with Crippen LogP contribution in [0.3, 0.4) is 0 Å². The Labute approximate surface area is 146 Å². The summed E-state index contributed by atoms with van der Waals surface area (Å²) in [5.41, 5.74) is 7.50. The van der Waals surface area contributed by atoms with Gasteiger partial charge >= 0.3 is 5.97 Å². The van der Waals surface area contributed by atoms with E-state index in [1.54, 1.807) is 19.1 Å². The van der Waals surface area contributed by atoms with Crippen LogP contribution in [0.2, 0.25) is 0 Å². The number of hydrogen-bond acceptors (Lipinski definition) is 5. The molecule has 6 heteroatoms. The van der Waals surface area contributed by atoms with Gasteiger partial charge in [-0.3, -0.25) is 4.79 Å². The van der Waals surface area contributed by atoms with Crippen molar-refractivity contribution < 1.29 is 19.1 Å². The maximum atomic E-state index is 12.1. The van der Waals surface area contributed by atoms with E-state index in [-0.39, 0.29) is 30.9 Å². The number of carbonyl (C=O) groups is 2. The molecule has 1 atom stereocenters. The molecule has 2 rings (SSSR count). The SMILES string of the molecule is CCOC(=O)c1ccc(N)c(OCC(=O)NC(C)c2ccccc2)c1. The normalized spacial score (nSPS) is 11.4. The van der Waals surface area contributed by atoms with Gasteiger partial charge in [0, 0.05) is 0 Å². The highest BCUT2D eigenvalue weighted by molar-refractivity contribution is 5.90. The first-order valence-corrected chi connectivity index (χ1v) is 8.05. The van der Waals surface area contributed by atoms with Gasteiger partial charge in [0.25, 0.3) is 5.91 Å². The Kier molecular flexibility index (Phi) is 6.39. The van der Waals surface area contributed by atoms with E-state index in [2.05, 4.69) is 5.32 Å². The minimum absolute atomic E-state index is 0.138. The first-order chi connectivity index (χ1) is 12.0. The number of nitrogens with one attached hydrogen (secondary N) is 1. The monoisotopic (exact) mass is 342 g/mol. The van der Waals surface area contributed by atoms with Crippen molar-refractivity contribution in [3.63, 3.8) is 0 Å². The fourth-order valence-corrected chi connectivity index (χ4v) is 2.25. The number of nitrogen functional groups attached to an aromatic ring is 1. The molecule has 2 aromatic carbocycles. The summed E-state index contributed by atoms with van der Waals surface area (Å²) >= 11 is 0. The van der Waals surface area contributed by atoms with E-state index >= 15 is 0 Å². The minimum atomic E-state index is -0.463. The average molecular weight is 342 g/mol. The fourth-order valence-electron chi connectivity index (χ4n) is 2.25. The third-order valence-corrected chi connectivity index (χ3v) is 3.56. The molecule has 3 N–H and O–H groups in total. The Balaban J connectivity index is 1.95. The van der Waals surface area contributed by atoms with Crippen molar-refractivity contribution in [1.82, 2.24) is 5.32 Å². The van der Waals surface area contributed by atoms with Crippen LogP contribution in [0.1, 0.15) is 35.8 Å². The number of anilines is 1. The Morgan fingerprint density at radius 1 is 1.16 bits per heavy atom. The van der Waals surface area contributed by atoms with Crippen LogP contribution in [0.4, 0.5) is 5.69 Å². The third kappa shape index (κ3) is 5.24. The molecule has 132 valence electrons. The molecular weight excluding hydrogens is 320 g/mol. The van der Waals surface area contributed by atoms with Crippen LogP contribution in [0.5, 0.6) is 5.75 Å². The molecule has 0 radical (unpaired) electrons. The minimum Gasteiger partial charge on any atom is -0.482 e. The van der Waals surface area contributed by atoms with Gasteiger partial charge in [0.15, 0.2) is 6.61 Å². The van der Waals surface area contributed by atoms with E-state index in [4.69, 9.17) is 15.2 Å². The molecule has 0 saturated carbocycles. The lowest BCUT2D eigenvalue weighted by molar-refractivity contribution is -0.123. The van der Waals surface area contributed by atoms with Crippen LogP contribution < -0.4 is 15.8 Å². The van der Waals surface area contributed by atoms with Crippen molar-refractivity contribution >= 4 is 17.6 Å². The molecule has 25 heavy (non-hydrogen) atoms. The van der Waals surface area contributed by atoms with Crippen molar-refractivity contribution in [1.29, 1.82) is 0 Å². The molecule has 0 fully saturated rings. The Morgan fingerprint density at radius 2 is 1.88 bits per heavy atom. The lowest BCUT2D eigenvalue weighted by atomic mass is 10.1. The summed E-state index contributed by atoms with van der Waals surface area (Å²) in [6.45, 7) is 3.70. The molecule has 2 aromatic rings. The van der Waals surface area contributed by atoms with Crippen LogP contribution in [-0.4, -0.2) is 25.1 Å². The van der Waals surface area contributed by atoms with Crippen LogP contribution in [0.15, 0.2) is 48.5 Å². The number of benzene rings is 2.